The first-order valence-electron chi connectivity index (χ1n) is 5.20. The molecule has 0 spiro atoms. The zero-order valence-electron chi connectivity index (χ0n) is 9.27. The first-order chi connectivity index (χ1) is 7.59. The number of aromatic nitrogens is 1. The zero-order valence-corrected chi connectivity index (χ0v) is 9.27. The summed E-state index contributed by atoms with van der Waals surface area (Å²) in [5.41, 5.74) is 0.707. The molecule has 1 aromatic carbocycles. The largest absolute Gasteiger partial charge is 0.494 e. The molecule has 0 fully saturated rings. The molecule has 1 aromatic heterocycles. The van der Waals surface area contributed by atoms with E-state index in [1.807, 2.05) is 32.0 Å². The fourth-order valence-electron chi connectivity index (χ4n) is 1.67. The van der Waals surface area contributed by atoms with Gasteiger partial charge in [-0.25, -0.2) is 9.36 Å². The molecule has 1 heterocycles. The summed E-state index contributed by atoms with van der Waals surface area (Å²) in [7, 11) is 0. The van der Waals surface area contributed by atoms with Crippen molar-refractivity contribution < 1.29 is 9.90 Å². The van der Waals surface area contributed by atoms with Crippen molar-refractivity contribution in [2.24, 2.45) is 0 Å². The normalized spacial score (nSPS) is 10.9. The summed E-state index contributed by atoms with van der Waals surface area (Å²) < 4.78 is 1.27. The van der Waals surface area contributed by atoms with E-state index in [2.05, 4.69) is 5.32 Å². The number of amides is 1. The van der Waals surface area contributed by atoms with E-state index in [1.165, 1.54) is 4.57 Å². The predicted molar refractivity (Wildman–Crippen MR) is 62.7 cm³/mol. The van der Waals surface area contributed by atoms with Crippen LogP contribution in [0.15, 0.2) is 30.3 Å². The molecule has 0 saturated heterocycles. The van der Waals surface area contributed by atoms with Crippen LogP contribution in [0, 0.1) is 0 Å². The fourth-order valence-corrected chi connectivity index (χ4v) is 1.67. The van der Waals surface area contributed by atoms with Crippen LogP contribution < -0.4 is 5.32 Å². The molecular formula is C12H14N2O2. The molecule has 84 valence electrons. The Morgan fingerprint density at radius 1 is 1.38 bits per heavy atom. The van der Waals surface area contributed by atoms with Gasteiger partial charge < -0.3 is 10.4 Å². The Kier molecular flexibility index (Phi) is 2.56. The van der Waals surface area contributed by atoms with E-state index >= 15 is 0 Å². The minimum atomic E-state index is -0.311. The second-order valence-electron chi connectivity index (χ2n) is 4.00. The van der Waals surface area contributed by atoms with Gasteiger partial charge in [-0.1, -0.05) is 18.2 Å². The molecule has 2 aromatic rings. The van der Waals surface area contributed by atoms with Gasteiger partial charge in [0.05, 0.1) is 5.52 Å². The number of nitrogens with zero attached hydrogens (tertiary/aromatic N) is 1. The molecule has 0 radical (unpaired) electrons. The molecule has 0 aliphatic carbocycles. The maximum Gasteiger partial charge on any atom is 0.329 e. The van der Waals surface area contributed by atoms with Crippen molar-refractivity contribution >= 4 is 16.9 Å². The molecule has 0 atom stereocenters. The van der Waals surface area contributed by atoms with Gasteiger partial charge >= 0.3 is 6.03 Å². The number of benzene rings is 1. The monoisotopic (exact) mass is 218 g/mol. The smallest absolute Gasteiger partial charge is 0.329 e. The highest BCUT2D eigenvalue weighted by Crippen LogP contribution is 2.23. The first-order valence-corrected chi connectivity index (χ1v) is 5.20. The van der Waals surface area contributed by atoms with Crippen LogP contribution in [-0.2, 0) is 0 Å². The van der Waals surface area contributed by atoms with E-state index in [9.17, 15) is 9.90 Å². The van der Waals surface area contributed by atoms with Crippen LogP contribution in [-0.4, -0.2) is 21.7 Å². The molecule has 0 saturated carbocycles. The Hall–Kier alpha value is -1.97. The van der Waals surface area contributed by atoms with Crippen LogP contribution in [0.25, 0.3) is 10.9 Å². The molecule has 0 unspecified atom stereocenters. The molecule has 0 aliphatic rings. The quantitative estimate of drug-likeness (QED) is 0.771. The van der Waals surface area contributed by atoms with E-state index < -0.39 is 0 Å². The topological polar surface area (TPSA) is 54.3 Å². The van der Waals surface area contributed by atoms with Crippen molar-refractivity contribution in [3.8, 4) is 5.88 Å². The SMILES string of the molecule is CC(C)NC(=O)n1c(O)cc2ccccc21. The Morgan fingerprint density at radius 2 is 2.06 bits per heavy atom. The standard InChI is InChI=1S/C12H14N2O2/c1-8(2)13-12(16)14-10-6-4-3-5-9(10)7-11(14)15/h3-8,15H,1-2H3,(H,13,16). The lowest BCUT2D eigenvalue weighted by Gasteiger charge is -2.10. The molecule has 2 N–H and O–H groups in total. The second-order valence-corrected chi connectivity index (χ2v) is 4.00. The number of carbonyl (C=O) groups excluding carboxylic acids is 1. The number of aromatic hydroxyl groups is 1. The number of para-hydroxylation sites is 1. The molecule has 2 rings (SSSR count). The van der Waals surface area contributed by atoms with E-state index in [0.717, 1.165) is 5.39 Å². The summed E-state index contributed by atoms with van der Waals surface area (Å²) in [5.74, 6) is -0.0423. The van der Waals surface area contributed by atoms with Crippen molar-refractivity contribution in [2.45, 2.75) is 19.9 Å². The van der Waals surface area contributed by atoms with E-state index in [1.54, 1.807) is 12.1 Å². The Balaban J connectivity index is 2.51. The number of rotatable bonds is 1. The summed E-state index contributed by atoms with van der Waals surface area (Å²) in [6.45, 7) is 3.75. The van der Waals surface area contributed by atoms with Crippen molar-refractivity contribution in [2.75, 3.05) is 0 Å². The number of fused-ring (bicyclic) bond motifs is 1. The summed E-state index contributed by atoms with van der Waals surface area (Å²) in [6.07, 6.45) is 0. The van der Waals surface area contributed by atoms with Gasteiger partial charge in [-0.3, -0.25) is 0 Å². The number of nitrogens with one attached hydrogen (secondary N) is 1. The van der Waals surface area contributed by atoms with Gasteiger partial charge in [0.25, 0.3) is 0 Å². The van der Waals surface area contributed by atoms with Crippen molar-refractivity contribution in [1.82, 2.24) is 9.88 Å². The lowest BCUT2D eigenvalue weighted by atomic mass is 10.2. The third kappa shape index (κ3) is 1.74. The van der Waals surface area contributed by atoms with Gasteiger partial charge in [-0.2, -0.15) is 0 Å². The molecule has 4 nitrogen and oxygen atoms in total. The minimum absolute atomic E-state index is 0.0352. The average Bonchev–Trinajstić information content (AvgIpc) is 2.52. The van der Waals surface area contributed by atoms with E-state index in [4.69, 9.17) is 0 Å². The lowest BCUT2D eigenvalue weighted by Crippen LogP contribution is -2.33. The Bertz CT molecular complexity index is 529. The minimum Gasteiger partial charge on any atom is -0.494 e. The van der Waals surface area contributed by atoms with Gasteiger partial charge in [0, 0.05) is 17.5 Å². The third-order valence-electron chi connectivity index (χ3n) is 2.31. The number of hydrogen-bond donors (Lipinski definition) is 2. The van der Waals surface area contributed by atoms with Gasteiger partial charge in [0.2, 0.25) is 0 Å². The summed E-state index contributed by atoms with van der Waals surface area (Å²) in [5, 5.41) is 13.3. The molecule has 0 aliphatic heterocycles. The molecule has 4 heteroatoms. The summed E-state index contributed by atoms with van der Waals surface area (Å²) >= 11 is 0. The van der Waals surface area contributed by atoms with Crippen molar-refractivity contribution in [3.05, 3.63) is 30.3 Å². The van der Waals surface area contributed by atoms with Crippen LogP contribution in [0.4, 0.5) is 4.79 Å². The van der Waals surface area contributed by atoms with Gasteiger partial charge in [-0.15, -0.1) is 0 Å². The highest BCUT2D eigenvalue weighted by atomic mass is 16.3. The predicted octanol–water partition coefficient (Wildman–Crippen LogP) is 2.31. The Labute approximate surface area is 93.5 Å². The second kappa shape index (κ2) is 3.89. The van der Waals surface area contributed by atoms with Crippen LogP contribution in [0.1, 0.15) is 13.8 Å². The van der Waals surface area contributed by atoms with E-state index in [-0.39, 0.29) is 18.0 Å². The zero-order chi connectivity index (χ0) is 11.7. The van der Waals surface area contributed by atoms with Crippen molar-refractivity contribution in [3.63, 3.8) is 0 Å². The molecule has 0 bridgehead atoms. The first kappa shape index (κ1) is 10.5. The maximum absolute atomic E-state index is 11.8. The number of carbonyl (C=O) groups is 1. The lowest BCUT2D eigenvalue weighted by molar-refractivity contribution is 0.238. The molecule has 16 heavy (non-hydrogen) atoms. The highest BCUT2D eigenvalue weighted by Gasteiger charge is 2.14. The van der Waals surface area contributed by atoms with Gasteiger partial charge in [0.1, 0.15) is 0 Å². The number of hydrogen-bond acceptors (Lipinski definition) is 2. The highest BCUT2D eigenvalue weighted by molar-refractivity contribution is 5.93. The maximum atomic E-state index is 11.8. The third-order valence-corrected chi connectivity index (χ3v) is 2.31. The summed E-state index contributed by atoms with van der Waals surface area (Å²) in [6, 6.07) is 8.66. The van der Waals surface area contributed by atoms with Crippen LogP contribution in [0.2, 0.25) is 0 Å². The molecular weight excluding hydrogens is 204 g/mol. The summed E-state index contributed by atoms with van der Waals surface area (Å²) in [4.78, 5) is 11.8. The van der Waals surface area contributed by atoms with Crippen LogP contribution in [0.5, 0.6) is 5.88 Å². The molecule has 1 amide bonds. The fraction of sp³-hybridized carbons (Fsp3) is 0.250. The van der Waals surface area contributed by atoms with E-state index in [0.29, 0.717) is 5.52 Å². The van der Waals surface area contributed by atoms with Crippen LogP contribution >= 0.6 is 0 Å². The average molecular weight is 218 g/mol. The van der Waals surface area contributed by atoms with Crippen LogP contribution in [0.3, 0.4) is 0 Å². The Morgan fingerprint density at radius 3 is 2.75 bits per heavy atom. The van der Waals surface area contributed by atoms with Crippen molar-refractivity contribution in [1.29, 1.82) is 0 Å². The van der Waals surface area contributed by atoms with Gasteiger partial charge in [0.15, 0.2) is 5.88 Å². The van der Waals surface area contributed by atoms with Gasteiger partial charge in [-0.05, 0) is 19.9 Å².